The monoisotopic (exact) mass is 483 g/mol. The lowest BCUT2D eigenvalue weighted by atomic mass is 9.95. The molecule has 1 aliphatic carbocycles. The van der Waals surface area contributed by atoms with Gasteiger partial charge in [0.05, 0.1) is 12.0 Å². The third-order valence-electron chi connectivity index (χ3n) is 6.44. The van der Waals surface area contributed by atoms with Crippen molar-refractivity contribution in [1.29, 1.82) is 0 Å². The summed E-state index contributed by atoms with van der Waals surface area (Å²) in [7, 11) is 0. The minimum Gasteiger partial charge on any atom is -0.477 e. The van der Waals surface area contributed by atoms with Gasteiger partial charge in [0.25, 0.3) is 5.91 Å². The molecule has 7 nitrogen and oxygen atoms in total. The first-order valence-electron chi connectivity index (χ1n) is 11.9. The number of fused-ring (bicyclic) bond motifs is 1. The van der Waals surface area contributed by atoms with Gasteiger partial charge < -0.3 is 15.2 Å². The number of benzene rings is 1. The number of aliphatic carboxylic acids is 1. The van der Waals surface area contributed by atoms with E-state index in [1.807, 2.05) is 12.1 Å². The fraction of sp³-hybridized carbons (Fsp3) is 0.462. The number of carboxylic acids is 1. The highest BCUT2D eigenvalue weighted by atomic mass is 35.5. The van der Waals surface area contributed by atoms with Crippen molar-refractivity contribution >= 4 is 35.0 Å². The van der Waals surface area contributed by atoms with Crippen LogP contribution >= 0.6 is 11.6 Å². The van der Waals surface area contributed by atoms with Crippen molar-refractivity contribution in [3.8, 4) is 0 Å². The molecule has 0 spiro atoms. The first-order valence-corrected chi connectivity index (χ1v) is 12.3. The molecule has 4 rings (SSSR count). The average molecular weight is 484 g/mol. The maximum Gasteiger partial charge on any atom is 0.350 e. The Labute approximate surface area is 204 Å². The van der Waals surface area contributed by atoms with Gasteiger partial charge in [-0.2, -0.15) is 0 Å². The van der Waals surface area contributed by atoms with E-state index in [1.165, 1.54) is 5.56 Å². The second kappa shape index (κ2) is 11.1. The van der Waals surface area contributed by atoms with Gasteiger partial charge in [-0.25, -0.2) is 14.8 Å². The number of amides is 1. The van der Waals surface area contributed by atoms with Crippen LogP contribution in [0, 0.1) is 0 Å². The molecular weight excluding hydrogens is 454 g/mol. The van der Waals surface area contributed by atoms with Crippen molar-refractivity contribution in [2.45, 2.75) is 56.8 Å². The molecule has 34 heavy (non-hydrogen) atoms. The highest BCUT2D eigenvalue weighted by Gasteiger charge is 2.52. The maximum atomic E-state index is 12.8. The number of aromatic nitrogens is 1. The number of pyridine rings is 1. The molecule has 1 aromatic heterocycles. The number of hydrogen-bond donors (Lipinski definition) is 2. The van der Waals surface area contributed by atoms with Gasteiger partial charge in [0.2, 0.25) is 0 Å². The summed E-state index contributed by atoms with van der Waals surface area (Å²) in [6.07, 6.45) is 6.21. The number of aliphatic imine (C=N–C) groups is 1. The predicted molar refractivity (Wildman–Crippen MR) is 132 cm³/mol. The zero-order chi connectivity index (χ0) is 24.0. The smallest absolute Gasteiger partial charge is 0.350 e. The number of anilines is 1. The van der Waals surface area contributed by atoms with Gasteiger partial charge in [0.15, 0.2) is 0 Å². The molecule has 2 heterocycles. The van der Waals surface area contributed by atoms with E-state index in [0.717, 1.165) is 55.7 Å². The number of carboxylic acid groups (broad SMARTS) is 1. The summed E-state index contributed by atoms with van der Waals surface area (Å²) < 4.78 is 5.62. The molecule has 2 aromatic rings. The molecule has 0 saturated heterocycles. The predicted octanol–water partition coefficient (Wildman–Crippen LogP) is 4.61. The van der Waals surface area contributed by atoms with E-state index in [0.29, 0.717) is 24.5 Å². The highest BCUT2D eigenvalue weighted by Crippen LogP contribution is 2.51. The van der Waals surface area contributed by atoms with Crippen LogP contribution in [0.15, 0.2) is 41.4 Å². The van der Waals surface area contributed by atoms with Crippen LogP contribution in [0.2, 0.25) is 5.02 Å². The van der Waals surface area contributed by atoms with Crippen LogP contribution in [0.25, 0.3) is 0 Å². The summed E-state index contributed by atoms with van der Waals surface area (Å²) in [5.74, 6) is -0.624. The average Bonchev–Trinajstić information content (AvgIpc) is 3.64. The highest BCUT2D eigenvalue weighted by molar-refractivity contribution is 6.37. The molecular formula is C26H30ClN3O4. The largest absolute Gasteiger partial charge is 0.477 e. The molecule has 2 N–H and O–H groups in total. The third kappa shape index (κ3) is 5.83. The fourth-order valence-electron chi connectivity index (χ4n) is 4.30. The van der Waals surface area contributed by atoms with Crippen LogP contribution in [0.3, 0.4) is 0 Å². The molecule has 1 aromatic carbocycles. The van der Waals surface area contributed by atoms with Gasteiger partial charge in [-0.1, -0.05) is 35.9 Å². The van der Waals surface area contributed by atoms with Crippen molar-refractivity contribution in [3.05, 3.63) is 58.2 Å². The lowest BCUT2D eigenvalue weighted by molar-refractivity contribution is -0.130. The minimum absolute atomic E-state index is 0.0811. The number of ether oxygens (including phenoxy) is 1. The SMILES string of the molecule is O=C(O)C(CCOCCCCc1ccc2c(n1)NCCC2)=NC(=O)C1(c2ccccc2Cl)CC1. The number of nitrogens with zero attached hydrogens (tertiary/aromatic N) is 2. The van der Waals surface area contributed by atoms with E-state index >= 15 is 0 Å². The standard InChI is InChI=1S/C26H30ClN3O4/c27-21-9-2-1-8-20(21)26(13-14-26)25(33)30-22(24(31)32)12-17-34-16-4-3-7-19-11-10-18-6-5-15-28-23(18)29-19/h1-2,8-11H,3-7,12-17H2,(H,28,29)(H,31,32). The number of carbonyl (C=O) groups excluding carboxylic acids is 1. The molecule has 0 bridgehead atoms. The molecule has 8 heteroatoms. The topological polar surface area (TPSA) is 101 Å². The van der Waals surface area contributed by atoms with Crippen LogP contribution in [0.1, 0.15) is 55.3 Å². The van der Waals surface area contributed by atoms with E-state index in [-0.39, 0.29) is 18.7 Å². The lowest BCUT2D eigenvalue weighted by Crippen LogP contribution is -2.24. The molecule has 0 atom stereocenters. The van der Waals surface area contributed by atoms with Gasteiger partial charge in [-0.15, -0.1) is 0 Å². The van der Waals surface area contributed by atoms with Gasteiger partial charge in [0, 0.05) is 30.3 Å². The number of aryl methyl sites for hydroxylation is 2. The minimum atomic E-state index is -1.20. The molecule has 2 aliphatic rings. The third-order valence-corrected chi connectivity index (χ3v) is 6.77. The maximum absolute atomic E-state index is 12.8. The number of unbranched alkanes of at least 4 members (excludes halogenated alkanes) is 1. The Morgan fingerprint density at radius 1 is 1.15 bits per heavy atom. The van der Waals surface area contributed by atoms with Crippen molar-refractivity contribution in [3.63, 3.8) is 0 Å². The second-order valence-electron chi connectivity index (χ2n) is 8.89. The summed E-state index contributed by atoms with van der Waals surface area (Å²) in [6, 6.07) is 11.4. The normalized spacial score (nSPS) is 16.4. The Kier molecular flexibility index (Phi) is 7.95. The Bertz CT molecular complexity index is 1080. The van der Waals surface area contributed by atoms with Crippen LogP contribution < -0.4 is 5.32 Å². The van der Waals surface area contributed by atoms with E-state index in [9.17, 15) is 14.7 Å². The van der Waals surface area contributed by atoms with Crippen LogP contribution in [0.5, 0.6) is 0 Å². The van der Waals surface area contributed by atoms with Gasteiger partial charge in [0.1, 0.15) is 11.5 Å². The number of carbonyl (C=O) groups is 2. The summed E-state index contributed by atoms with van der Waals surface area (Å²) in [5.41, 5.74) is 2.11. The summed E-state index contributed by atoms with van der Waals surface area (Å²) >= 11 is 6.26. The zero-order valence-corrected chi connectivity index (χ0v) is 19.9. The fourth-order valence-corrected chi connectivity index (χ4v) is 4.62. The van der Waals surface area contributed by atoms with Crippen molar-refractivity contribution in [2.24, 2.45) is 4.99 Å². The van der Waals surface area contributed by atoms with Crippen LogP contribution in [-0.2, 0) is 32.6 Å². The number of hydrogen-bond acceptors (Lipinski definition) is 5. The molecule has 1 aliphatic heterocycles. The molecule has 0 radical (unpaired) electrons. The Morgan fingerprint density at radius 2 is 1.97 bits per heavy atom. The van der Waals surface area contributed by atoms with Gasteiger partial charge in [-0.3, -0.25) is 4.79 Å². The number of rotatable bonds is 11. The summed E-state index contributed by atoms with van der Waals surface area (Å²) in [5, 5.41) is 13.4. The van der Waals surface area contributed by atoms with E-state index in [4.69, 9.17) is 21.3 Å². The van der Waals surface area contributed by atoms with E-state index in [1.54, 1.807) is 12.1 Å². The van der Waals surface area contributed by atoms with Gasteiger partial charge >= 0.3 is 5.97 Å². The molecule has 1 fully saturated rings. The summed E-state index contributed by atoms with van der Waals surface area (Å²) in [6.45, 7) is 1.71. The molecule has 1 amide bonds. The number of nitrogens with one attached hydrogen (secondary N) is 1. The Morgan fingerprint density at radius 3 is 2.74 bits per heavy atom. The zero-order valence-electron chi connectivity index (χ0n) is 19.2. The molecule has 180 valence electrons. The second-order valence-corrected chi connectivity index (χ2v) is 9.30. The van der Waals surface area contributed by atoms with Crippen LogP contribution in [-0.4, -0.2) is 47.4 Å². The summed E-state index contributed by atoms with van der Waals surface area (Å²) in [4.78, 5) is 33.1. The lowest BCUT2D eigenvalue weighted by Gasteiger charge is -2.17. The van der Waals surface area contributed by atoms with Crippen LogP contribution in [0.4, 0.5) is 5.82 Å². The van der Waals surface area contributed by atoms with Gasteiger partial charge in [-0.05, 0) is 68.2 Å². The number of halogens is 1. The first kappa shape index (κ1) is 24.4. The molecule has 1 saturated carbocycles. The Balaban J connectivity index is 1.21. The molecule has 0 unspecified atom stereocenters. The quantitative estimate of drug-likeness (QED) is 0.357. The van der Waals surface area contributed by atoms with Crippen molar-refractivity contribution in [1.82, 2.24) is 4.98 Å². The van der Waals surface area contributed by atoms with Crippen molar-refractivity contribution < 1.29 is 19.4 Å². The Hall–Kier alpha value is -2.77. The van der Waals surface area contributed by atoms with E-state index < -0.39 is 17.3 Å². The van der Waals surface area contributed by atoms with Crippen molar-refractivity contribution in [2.75, 3.05) is 25.1 Å². The first-order chi connectivity index (χ1) is 16.5. The van der Waals surface area contributed by atoms with E-state index in [2.05, 4.69) is 22.4 Å².